The Kier molecular flexibility index (Phi) is 7.11. The molecule has 2 fully saturated rings. The SMILES string of the molecule is O=C(NCCCN1CCC(F)CC1)c1ccc2c(c1)sc1nc(-c3c(F)cc([C@H]4CCCN4)cc3F)cn12. The molecule has 6 nitrogen and oxygen atoms in total. The van der Waals surface area contributed by atoms with Gasteiger partial charge in [-0.25, -0.2) is 18.2 Å². The lowest BCUT2D eigenvalue weighted by Gasteiger charge is -2.28. The van der Waals surface area contributed by atoms with Crippen molar-refractivity contribution in [1.29, 1.82) is 0 Å². The van der Waals surface area contributed by atoms with Gasteiger partial charge in [-0.3, -0.25) is 9.20 Å². The van der Waals surface area contributed by atoms with E-state index in [1.54, 1.807) is 12.3 Å². The summed E-state index contributed by atoms with van der Waals surface area (Å²) in [6, 6.07) is 8.20. The van der Waals surface area contributed by atoms with E-state index in [9.17, 15) is 9.18 Å². The number of hydrogen-bond acceptors (Lipinski definition) is 5. The molecular formula is C28H30F3N5OS. The van der Waals surface area contributed by atoms with Crippen molar-refractivity contribution < 1.29 is 18.0 Å². The first-order valence-corrected chi connectivity index (χ1v) is 14.1. The monoisotopic (exact) mass is 541 g/mol. The van der Waals surface area contributed by atoms with E-state index in [4.69, 9.17) is 0 Å². The normalized spacial score (nSPS) is 19.1. The summed E-state index contributed by atoms with van der Waals surface area (Å²) in [5, 5.41) is 6.23. The molecule has 2 saturated heterocycles. The van der Waals surface area contributed by atoms with Gasteiger partial charge in [-0.1, -0.05) is 11.3 Å². The van der Waals surface area contributed by atoms with Gasteiger partial charge in [0, 0.05) is 37.4 Å². The molecule has 0 unspecified atom stereocenters. The third-order valence-corrected chi connectivity index (χ3v) is 8.61. The Balaban J connectivity index is 1.14. The smallest absolute Gasteiger partial charge is 0.251 e. The fraction of sp³-hybridized carbons (Fsp3) is 0.429. The summed E-state index contributed by atoms with van der Waals surface area (Å²) in [5.41, 5.74) is 2.12. The summed E-state index contributed by atoms with van der Waals surface area (Å²) < 4.78 is 46.0. The average Bonchev–Trinajstić information content (AvgIpc) is 3.64. The number of fused-ring (bicyclic) bond motifs is 3. The number of aromatic nitrogens is 2. The van der Waals surface area contributed by atoms with Gasteiger partial charge in [-0.15, -0.1) is 0 Å². The molecule has 6 rings (SSSR count). The number of amides is 1. The van der Waals surface area contributed by atoms with Crippen LogP contribution in [0.15, 0.2) is 36.5 Å². The van der Waals surface area contributed by atoms with Crippen LogP contribution >= 0.6 is 11.3 Å². The van der Waals surface area contributed by atoms with E-state index in [0.29, 0.717) is 35.5 Å². The van der Waals surface area contributed by atoms with Crippen LogP contribution < -0.4 is 10.6 Å². The molecule has 2 aromatic heterocycles. The lowest BCUT2D eigenvalue weighted by molar-refractivity contribution is 0.0950. The van der Waals surface area contributed by atoms with Gasteiger partial charge in [-0.05, 0) is 81.1 Å². The van der Waals surface area contributed by atoms with Gasteiger partial charge in [0.25, 0.3) is 5.91 Å². The quantitative estimate of drug-likeness (QED) is 0.305. The lowest BCUT2D eigenvalue weighted by Crippen LogP contribution is -2.36. The molecule has 2 aliphatic rings. The van der Waals surface area contributed by atoms with Crippen LogP contribution in [0, 0.1) is 11.6 Å². The maximum Gasteiger partial charge on any atom is 0.251 e. The maximum atomic E-state index is 15.0. The Bertz CT molecular complexity index is 1450. The van der Waals surface area contributed by atoms with Crippen LogP contribution in [0.4, 0.5) is 13.2 Å². The predicted molar refractivity (Wildman–Crippen MR) is 143 cm³/mol. The number of thiazole rings is 1. The number of nitrogens with one attached hydrogen (secondary N) is 2. The van der Waals surface area contributed by atoms with E-state index in [0.717, 1.165) is 55.7 Å². The van der Waals surface area contributed by atoms with Crippen molar-refractivity contribution in [3.63, 3.8) is 0 Å². The van der Waals surface area contributed by atoms with Gasteiger partial charge in [-0.2, -0.15) is 0 Å². The van der Waals surface area contributed by atoms with E-state index in [1.807, 2.05) is 16.5 Å². The van der Waals surface area contributed by atoms with Crippen molar-refractivity contribution in [2.24, 2.45) is 0 Å². The van der Waals surface area contributed by atoms with Gasteiger partial charge in [0.05, 0.1) is 21.5 Å². The van der Waals surface area contributed by atoms with Crippen LogP contribution in [0.3, 0.4) is 0 Å². The maximum absolute atomic E-state index is 15.0. The number of carbonyl (C=O) groups is 1. The van der Waals surface area contributed by atoms with Crippen molar-refractivity contribution >= 4 is 32.4 Å². The highest BCUT2D eigenvalue weighted by molar-refractivity contribution is 7.23. The van der Waals surface area contributed by atoms with Crippen LogP contribution in [-0.2, 0) is 0 Å². The van der Waals surface area contributed by atoms with Crippen molar-refractivity contribution in [3.05, 3.63) is 59.3 Å². The van der Waals surface area contributed by atoms with E-state index in [1.165, 1.54) is 23.5 Å². The van der Waals surface area contributed by atoms with Gasteiger partial charge in [0.15, 0.2) is 4.96 Å². The molecule has 4 aromatic rings. The number of benzene rings is 2. The second-order valence-electron chi connectivity index (χ2n) is 10.2. The number of imidazole rings is 1. The van der Waals surface area contributed by atoms with Gasteiger partial charge < -0.3 is 15.5 Å². The molecule has 2 aromatic carbocycles. The summed E-state index contributed by atoms with van der Waals surface area (Å²) in [6.07, 6.45) is 4.82. The Morgan fingerprint density at radius 2 is 1.92 bits per heavy atom. The molecule has 0 saturated carbocycles. The number of hydrogen-bond donors (Lipinski definition) is 2. The molecule has 0 aliphatic carbocycles. The molecule has 0 spiro atoms. The molecule has 1 atom stereocenters. The molecule has 2 N–H and O–H groups in total. The highest BCUT2D eigenvalue weighted by atomic mass is 32.1. The van der Waals surface area contributed by atoms with Crippen molar-refractivity contribution in [2.75, 3.05) is 32.7 Å². The van der Waals surface area contributed by atoms with E-state index in [2.05, 4.69) is 20.5 Å². The minimum Gasteiger partial charge on any atom is -0.352 e. The van der Waals surface area contributed by atoms with Gasteiger partial charge >= 0.3 is 0 Å². The van der Waals surface area contributed by atoms with Crippen molar-refractivity contribution in [2.45, 2.75) is 44.3 Å². The largest absolute Gasteiger partial charge is 0.352 e. The summed E-state index contributed by atoms with van der Waals surface area (Å²) in [6.45, 7) is 3.80. The molecule has 0 bridgehead atoms. The number of halogens is 3. The molecule has 1 amide bonds. The highest BCUT2D eigenvalue weighted by Crippen LogP contribution is 2.34. The second-order valence-corrected chi connectivity index (χ2v) is 11.2. The number of alkyl halides is 1. The standard InChI is InChI=1S/C28H30F3N5OS/c29-19-6-11-35(12-7-19)10-2-9-33-27(37)17-4-5-24-25(15-17)38-28-34-23(16-36(24)28)26-20(30)13-18(14-21(26)31)22-3-1-8-32-22/h4-5,13-16,19,22,32H,1-3,6-12H2,(H,33,37)/t22-/m1/s1. The van der Waals surface area contributed by atoms with Crippen LogP contribution in [-0.4, -0.2) is 59.1 Å². The molecular weight excluding hydrogens is 511 g/mol. The first-order valence-electron chi connectivity index (χ1n) is 13.3. The zero-order valence-electron chi connectivity index (χ0n) is 21.0. The zero-order chi connectivity index (χ0) is 26.2. The van der Waals surface area contributed by atoms with Crippen molar-refractivity contribution in [1.82, 2.24) is 24.9 Å². The molecule has 4 heterocycles. The zero-order valence-corrected chi connectivity index (χ0v) is 21.8. The van der Waals surface area contributed by atoms with Gasteiger partial charge in [0.1, 0.15) is 17.8 Å². The molecule has 0 radical (unpaired) electrons. The van der Waals surface area contributed by atoms with Crippen LogP contribution in [0.2, 0.25) is 0 Å². The highest BCUT2D eigenvalue weighted by Gasteiger charge is 2.23. The Morgan fingerprint density at radius 1 is 1.13 bits per heavy atom. The number of rotatable bonds is 7. The summed E-state index contributed by atoms with van der Waals surface area (Å²) in [4.78, 5) is 20.0. The molecule has 2 aliphatic heterocycles. The van der Waals surface area contributed by atoms with E-state index < -0.39 is 17.8 Å². The molecule has 200 valence electrons. The van der Waals surface area contributed by atoms with Crippen molar-refractivity contribution in [3.8, 4) is 11.3 Å². The number of piperidine rings is 1. The minimum atomic E-state index is -0.680. The predicted octanol–water partition coefficient (Wildman–Crippen LogP) is 5.47. The third-order valence-electron chi connectivity index (χ3n) is 7.59. The number of nitrogens with zero attached hydrogens (tertiary/aromatic N) is 3. The fourth-order valence-electron chi connectivity index (χ4n) is 5.50. The summed E-state index contributed by atoms with van der Waals surface area (Å²) in [7, 11) is 0. The molecule has 38 heavy (non-hydrogen) atoms. The number of carbonyl (C=O) groups excluding carboxylic acids is 1. The van der Waals surface area contributed by atoms with E-state index >= 15 is 8.78 Å². The Morgan fingerprint density at radius 3 is 2.66 bits per heavy atom. The average molecular weight is 542 g/mol. The minimum absolute atomic E-state index is 0.0194. The Labute approximate surface area is 222 Å². The lowest BCUT2D eigenvalue weighted by atomic mass is 10.0. The Hall–Kier alpha value is -2.95. The van der Waals surface area contributed by atoms with Crippen LogP contribution in [0.1, 0.15) is 54.1 Å². The topological polar surface area (TPSA) is 61.7 Å². The van der Waals surface area contributed by atoms with Crippen LogP contribution in [0.5, 0.6) is 0 Å². The summed E-state index contributed by atoms with van der Waals surface area (Å²) in [5.74, 6) is -1.38. The number of likely N-dealkylation sites (tertiary alicyclic amines) is 1. The first kappa shape index (κ1) is 25.3. The first-order chi connectivity index (χ1) is 18.5. The van der Waals surface area contributed by atoms with Gasteiger partial charge in [0.2, 0.25) is 0 Å². The summed E-state index contributed by atoms with van der Waals surface area (Å²) >= 11 is 1.37. The van der Waals surface area contributed by atoms with Crippen LogP contribution in [0.25, 0.3) is 26.4 Å². The second kappa shape index (κ2) is 10.7. The fourth-order valence-corrected chi connectivity index (χ4v) is 6.55. The van der Waals surface area contributed by atoms with E-state index in [-0.39, 0.29) is 23.2 Å². The third kappa shape index (κ3) is 5.04. The molecule has 10 heteroatoms.